The Bertz CT molecular complexity index is 638. The quantitative estimate of drug-likeness (QED) is 0.785. The van der Waals surface area contributed by atoms with Gasteiger partial charge in [0.15, 0.2) is 6.10 Å². The van der Waals surface area contributed by atoms with Crippen LogP contribution in [0.1, 0.15) is 40.5 Å². The topological polar surface area (TPSA) is 91.3 Å². The van der Waals surface area contributed by atoms with Crippen molar-refractivity contribution in [3.8, 4) is 5.75 Å². The average molecular weight is 394 g/mol. The molecule has 7 nitrogen and oxygen atoms in total. The molecule has 1 saturated heterocycles. The van der Waals surface area contributed by atoms with Gasteiger partial charge in [0.05, 0.1) is 18.9 Å². The number of para-hydroxylation sites is 1. The van der Waals surface area contributed by atoms with Crippen LogP contribution in [-0.4, -0.2) is 54.2 Å². The third kappa shape index (κ3) is 7.13. The van der Waals surface area contributed by atoms with Crippen LogP contribution in [0.4, 0.5) is 0 Å². The number of rotatable bonds is 4. The smallest absolute Gasteiger partial charge is 0.309 e. The Morgan fingerprint density at radius 2 is 1.93 bits per heavy atom. The van der Waals surface area contributed by atoms with Gasteiger partial charge < -0.3 is 24.1 Å². The molecule has 1 heterocycles. The molecular weight excluding hydrogens is 364 g/mol. The molecule has 0 bridgehead atoms. The van der Waals surface area contributed by atoms with E-state index in [2.05, 4.69) is 0 Å². The predicted molar refractivity (Wildman–Crippen MR) is 102 cm³/mol. The Morgan fingerprint density at radius 1 is 1.25 bits per heavy atom. The molecule has 1 aliphatic heterocycles. The average Bonchev–Trinajstić information content (AvgIpc) is 2.61. The lowest BCUT2D eigenvalue weighted by molar-refractivity contribution is -0.172. The van der Waals surface area contributed by atoms with Gasteiger partial charge >= 0.3 is 11.9 Å². The summed E-state index contributed by atoms with van der Waals surface area (Å²) in [5, 5.41) is 10.6. The zero-order chi connectivity index (χ0) is 20.7. The van der Waals surface area contributed by atoms with Crippen molar-refractivity contribution in [1.82, 2.24) is 0 Å². The molecule has 0 aromatic heterocycles. The van der Waals surface area contributed by atoms with Crippen molar-refractivity contribution < 1.29 is 33.6 Å². The maximum atomic E-state index is 12.5. The maximum absolute atomic E-state index is 12.5. The van der Waals surface area contributed by atoms with Crippen molar-refractivity contribution in [3.05, 3.63) is 30.3 Å². The lowest BCUT2D eigenvalue weighted by Crippen LogP contribution is -2.46. The summed E-state index contributed by atoms with van der Waals surface area (Å²) in [6, 6.07) is 9.07. The van der Waals surface area contributed by atoms with E-state index < -0.39 is 41.8 Å². The molecule has 1 fully saturated rings. The normalized spacial score (nSPS) is 26.8. The Hall–Kier alpha value is -2.12. The van der Waals surface area contributed by atoms with E-state index in [1.165, 1.54) is 0 Å². The number of ether oxygens (including phenoxy) is 4. The minimum atomic E-state index is -1.08. The standard InChI is InChI=1S/C21H30O7/c1-14-19(23)17(27-16-8-6-5-7-9-16)13-25-11-10-15(20(24)26-14)12-18(22)28-21(2,3)4/h5-9,14-15,17,19,23H,10-13H2,1-4H3/t14-,15+,17-,19-/m0/s1. The molecule has 0 spiro atoms. The van der Waals surface area contributed by atoms with Crippen molar-refractivity contribution in [2.24, 2.45) is 5.92 Å². The van der Waals surface area contributed by atoms with Gasteiger partial charge in [0.25, 0.3) is 0 Å². The van der Waals surface area contributed by atoms with Gasteiger partial charge in [0, 0.05) is 6.61 Å². The third-order valence-electron chi connectivity index (χ3n) is 4.25. The predicted octanol–water partition coefficient (Wildman–Crippen LogP) is 2.49. The van der Waals surface area contributed by atoms with E-state index in [4.69, 9.17) is 18.9 Å². The lowest BCUT2D eigenvalue weighted by Gasteiger charge is -2.30. The second-order valence-electron chi connectivity index (χ2n) is 7.95. The van der Waals surface area contributed by atoms with Crippen LogP contribution >= 0.6 is 0 Å². The van der Waals surface area contributed by atoms with Gasteiger partial charge in [-0.25, -0.2) is 0 Å². The van der Waals surface area contributed by atoms with Crippen molar-refractivity contribution >= 4 is 11.9 Å². The molecule has 28 heavy (non-hydrogen) atoms. The van der Waals surface area contributed by atoms with Crippen LogP contribution < -0.4 is 4.74 Å². The van der Waals surface area contributed by atoms with E-state index in [1.807, 2.05) is 18.2 Å². The Kier molecular flexibility index (Phi) is 7.83. The highest BCUT2D eigenvalue weighted by Crippen LogP contribution is 2.21. The van der Waals surface area contributed by atoms with Gasteiger partial charge in [0.1, 0.15) is 23.6 Å². The fraction of sp³-hybridized carbons (Fsp3) is 0.619. The molecule has 0 radical (unpaired) electrons. The molecular formula is C21H30O7. The molecule has 7 heteroatoms. The van der Waals surface area contributed by atoms with Crippen LogP contribution in [0.5, 0.6) is 5.75 Å². The van der Waals surface area contributed by atoms with Crippen LogP contribution in [0.15, 0.2) is 30.3 Å². The number of carbonyl (C=O) groups is 2. The zero-order valence-corrected chi connectivity index (χ0v) is 16.9. The molecule has 0 aliphatic carbocycles. The number of aliphatic hydroxyl groups excluding tert-OH is 1. The lowest BCUT2D eigenvalue weighted by atomic mass is 10.0. The highest BCUT2D eigenvalue weighted by atomic mass is 16.6. The summed E-state index contributed by atoms with van der Waals surface area (Å²) in [4.78, 5) is 24.6. The summed E-state index contributed by atoms with van der Waals surface area (Å²) in [7, 11) is 0. The summed E-state index contributed by atoms with van der Waals surface area (Å²) < 4.78 is 22.2. The van der Waals surface area contributed by atoms with E-state index in [0.29, 0.717) is 12.2 Å². The van der Waals surface area contributed by atoms with E-state index in [1.54, 1.807) is 39.8 Å². The van der Waals surface area contributed by atoms with Crippen molar-refractivity contribution in [2.75, 3.05) is 13.2 Å². The summed E-state index contributed by atoms with van der Waals surface area (Å²) in [5.74, 6) is -1.11. The number of hydrogen-bond donors (Lipinski definition) is 1. The van der Waals surface area contributed by atoms with Crippen molar-refractivity contribution in [3.63, 3.8) is 0 Å². The van der Waals surface area contributed by atoms with E-state index in [0.717, 1.165) is 0 Å². The fourth-order valence-electron chi connectivity index (χ4n) is 2.84. The second-order valence-corrected chi connectivity index (χ2v) is 7.95. The summed E-state index contributed by atoms with van der Waals surface area (Å²) in [6.45, 7) is 7.27. The van der Waals surface area contributed by atoms with Gasteiger partial charge in [0.2, 0.25) is 0 Å². The molecule has 0 amide bonds. The zero-order valence-electron chi connectivity index (χ0n) is 16.9. The Morgan fingerprint density at radius 3 is 2.57 bits per heavy atom. The third-order valence-corrected chi connectivity index (χ3v) is 4.25. The van der Waals surface area contributed by atoms with Crippen molar-refractivity contribution in [1.29, 1.82) is 0 Å². The van der Waals surface area contributed by atoms with Gasteiger partial charge in [-0.15, -0.1) is 0 Å². The van der Waals surface area contributed by atoms with Crippen LogP contribution in [0.2, 0.25) is 0 Å². The van der Waals surface area contributed by atoms with Crippen molar-refractivity contribution in [2.45, 2.75) is 64.4 Å². The summed E-state index contributed by atoms with van der Waals surface area (Å²) >= 11 is 0. The first-order chi connectivity index (χ1) is 13.2. The Labute approximate surface area is 165 Å². The molecule has 1 aromatic carbocycles. The van der Waals surface area contributed by atoms with E-state index in [9.17, 15) is 14.7 Å². The van der Waals surface area contributed by atoms with Gasteiger partial charge in [-0.05, 0) is 46.2 Å². The molecule has 0 unspecified atom stereocenters. The molecule has 1 aliphatic rings. The number of cyclic esters (lactones) is 1. The largest absolute Gasteiger partial charge is 0.485 e. The first kappa shape index (κ1) is 22.2. The highest BCUT2D eigenvalue weighted by Gasteiger charge is 2.34. The molecule has 2 rings (SSSR count). The highest BCUT2D eigenvalue weighted by molar-refractivity contribution is 5.80. The van der Waals surface area contributed by atoms with Gasteiger partial charge in [-0.3, -0.25) is 9.59 Å². The summed E-state index contributed by atoms with van der Waals surface area (Å²) in [6.07, 6.45) is -2.35. The van der Waals surface area contributed by atoms with Gasteiger partial charge in [-0.2, -0.15) is 0 Å². The van der Waals surface area contributed by atoms with E-state index in [-0.39, 0.29) is 19.6 Å². The molecule has 0 saturated carbocycles. The molecule has 1 N–H and O–H groups in total. The first-order valence-corrected chi connectivity index (χ1v) is 9.55. The minimum Gasteiger partial charge on any atom is -0.485 e. The molecule has 1 aromatic rings. The number of esters is 2. The maximum Gasteiger partial charge on any atom is 0.309 e. The number of aliphatic hydroxyl groups is 1. The van der Waals surface area contributed by atoms with Crippen LogP contribution in [0.25, 0.3) is 0 Å². The Balaban J connectivity index is 2.01. The number of hydrogen-bond acceptors (Lipinski definition) is 7. The van der Waals surface area contributed by atoms with E-state index >= 15 is 0 Å². The van der Waals surface area contributed by atoms with Crippen LogP contribution in [0, 0.1) is 5.92 Å². The number of benzene rings is 1. The SMILES string of the molecule is C[C@@H]1OC(=O)[C@@H](CC(=O)OC(C)(C)C)CCOC[C@H](Oc2ccccc2)[C@H]1O. The number of carbonyl (C=O) groups excluding carboxylic acids is 2. The van der Waals surface area contributed by atoms with Crippen LogP contribution in [0.3, 0.4) is 0 Å². The molecule has 156 valence electrons. The minimum absolute atomic E-state index is 0.0910. The monoisotopic (exact) mass is 394 g/mol. The molecule has 4 atom stereocenters. The second kappa shape index (κ2) is 9.89. The van der Waals surface area contributed by atoms with Gasteiger partial charge in [-0.1, -0.05) is 18.2 Å². The summed E-state index contributed by atoms with van der Waals surface area (Å²) in [5.41, 5.74) is -0.626. The van der Waals surface area contributed by atoms with Crippen LogP contribution in [-0.2, 0) is 23.8 Å². The first-order valence-electron chi connectivity index (χ1n) is 9.55. The fourth-order valence-corrected chi connectivity index (χ4v) is 2.84.